The van der Waals surface area contributed by atoms with Gasteiger partial charge in [-0.1, -0.05) is 19.1 Å². The number of primary amides is 1. The topological polar surface area (TPSA) is 205 Å². The lowest BCUT2D eigenvalue weighted by Crippen LogP contribution is -2.63. The highest BCUT2D eigenvalue weighted by Crippen LogP contribution is 2.55. The molecule has 0 radical (unpaired) electrons. The summed E-state index contributed by atoms with van der Waals surface area (Å²) in [5.41, 5.74) is 1.13. The molecule has 1 saturated carbocycles. The Morgan fingerprint density at radius 3 is 2.46 bits per heavy atom. The molecule has 5 atom stereocenters. The summed E-state index contributed by atoms with van der Waals surface area (Å²) < 4.78 is 4.51. The van der Waals surface area contributed by atoms with Crippen molar-refractivity contribution in [3.8, 4) is 5.75 Å². The van der Waals surface area contributed by atoms with Gasteiger partial charge in [-0.2, -0.15) is 0 Å². The summed E-state index contributed by atoms with van der Waals surface area (Å²) >= 11 is 0. The van der Waals surface area contributed by atoms with Gasteiger partial charge in [0.1, 0.15) is 22.8 Å². The normalized spacial score (nSPS) is 30.2. The minimum Gasteiger partial charge on any atom is -0.508 e. The molecule has 11 nitrogen and oxygen atoms in total. The van der Waals surface area contributed by atoms with E-state index in [4.69, 9.17) is 5.73 Å². The van der Waals surface area contributed by atoms with Gasteiger partial charge in [0, 0.05) is 35.5 Å². The molecule has 0 spiro atoms. The van der Waals surface area contributed by atoms with Crippen molar-refractivity contribution in [3.05, 3.63) is 51.8 Å². The van der Waals surface area contributed by atoms with E-state index in [0.29, 0.717) is 5.56 Å². The lowest BCUT2D eigenvalue weighted by atomic mass is 9.55. The fourth-order valence-electron chi connectivity index (χ4n) is 5.37. The number of nitrogens with two attached hydrogens (primary N) is 1. The van der Waals surface area contributed by atoms with Gasteiger partial charge in [0.2, 0.25) is 5.78 Å². The number of ketones is 2. The summed E-state index contributed by atoms with van der Waals surface area (Å²) in [4.78, 5) is 49.1. The van der Waals surface area contributed by atoms with E-state index in [2.05, 4.69) is 4.74 Å². The number of Topliss-reactive ketones (excluding diaryl/α,β-unsaturated/α-hetero) is 2. The molecule has 1 fully saturated rings. The monoisotopic (exact) mass is 485 g/mol. The molecular formula is C24H23NO10. The zero-order valence-electron chi connectivity index (χ0n) is 18.7. The molecule has 0 aliphatic heterocycles. The van der Waals surface area contributed by atoms with Gasteiger partial charge in [-0.3, -0.25) is 14.4 Å². The highest BCUT2D eigenvalue weighted by Gasteiger charge is 2.64. The van der Waals surface area contributed by atoms with Crippen LogP contribution in [0.2, 0.25) is 0 Å². The highest BCUT2D eigenvalue weighted by atomic mass is 16.5. The molecule has 7 N–H and O–H groups in total. The van der Waals surface area contributed by atoms with Gasteiger partial charge in [-0.25, -0.2) is 4.79 Å². The number of ether oxygens (including phenoxy) is 1. The Morgan fingerprint density at radius 1 is 1.20 bits per heavy atom. The second-order valence-corrected chi connectivity index (χ2v) is 8.81. The zero-order valence-corrected chi connectivity index (χ0v) is 18.7. The lowest BCUT2D eigenvalue weighted by molar-refractivity contribution is -0.160. The molecule has 35 heavy (non-hydrogen) atoms. The molecule has 11 heteroatoms. The quantitative estimate of drug-likeness (QED) is 0.194. The molecule has 3 aliphatic rings. The van der Waals surface area contributed by atoms with Crippen molar-refractivity contribution in [3.63, 3.8) is 0 Å². The number of hydrogen-bond acceptors (Lipinski definition) is 10. The maximum atomic E-state index is 13.6. The van der Waals surface area contributed by atoms with E-state index >= 15 is 0 Å². The third kappa shape index (κ3) is 3.19. The van der Waals surface area contributed by atoms with Gasteiger partial charge in [-0.05, 0) is 17.6 Å². The maximum Gasteiger partial charge on any atom is 0.330 e. The van der Waals surface area contributed by atoms with Gasteiger partial charge in [0.25, 0.3) is 5.91 Å². The number of aliphatic hydroxyl groups excluding tert-OH is 3. The molecule has 184 valence electrons. The first-order valence-electron chi connectivity index (χ1n) is 10.6. The van der Waals surface area contributed by atoms with E-state index in [1.807, 2.05) is 0 Å². The second-order valence-electron chi connectivity index (χ2n) is 8.81. The van der Waals surface area contributed by atoms with E-state index in [-0.39, 0.29) is 11.1 Å². The van der Waals surface area contributed by atoms with Gasteiger partial charge in [-0.15, -0.1) is 0 Å². The van der Waals surface area contributed by atoms with E-state index < -0.39 is 87.7 Å². The van der Waals surface area contributed by atoms with Crippen LogP contribution in [0.25, 0.3) is 11.8 Å². The fraction of sp³-hybridized carbons (Fsp3) is 0.333. The number of carbonyl (C=O) groups excluding carboxylic acids is 4. The molecule has 0 saturated heterocycles. The van der Waals surface area contributed by atoms with Gasteiger partial charge in [0.05, 0.1) is 18.8 Å². The maximum absolute atomic E-state index is 13.6. The highest BCUT2D eigenvalue weighted by molar-refractivity contribution is 6.23. The Hall–Kier alpha value is -3.96. The molecular weight excluding hydrogens is 462 g/mol. The van der Waals surface area contributed by atoms with Crippen LogP contribution in [-0.2, 0) is 23.9 Å². The standard InChI is InChI=1S/C24H23NO10/c1-8-10-5-3-9(4-6-13(27)35-2)18(28)15(10)20(30)17-14(8)19(29)11-7-12(26)16(23(25)33)21(31)24(11,34)22(17)32/h3-6,8,11,14,19,28-31,34H,7H2,1-2H3,(H2,25,33)/b6-4+. The number of phenols is 1. The molecule has 3 aliphatic carbocycles. The Morgan fingerprint density at radius 2 is 1.86 bits per heavy atom. The van der Waals surface area contributed by atoms with Crippen molar-refractivity contribution in [2.24, 2.45) is 17.6 Å². The first kappa shape index (κ1) is 24.2. The number of methoxy groups -OCH3 is 1. The van der Waals surface area contributed by atoms with Crippen LogP contribution >= 0.6 is 0 Å². The van der Waals surface area contributed by atoms with Crippen LogP contribution in [0.4, 0.5) is 0 Å². The Bertz CT molecular complexity index is 1290. The molecule has 0 bridgehead atoms. The van der Waals surface area contributed by atoms with E-state index in [9.17, 15) is 44.7 Å². The molecule has 5 unspecified atom stereocenters. The number of amides is 1. The molecule has 4 rings (SSSR count). The van der Waals surface area contributed by atoms with Crippen molar-refractivity contribution >= 4 is 35.3 Å². The van der Waals surface area contributed by atoms with E-state index in [1.165, 1.54) is 25.3 Å². The Balaban J connectivity index is 1.95. The van der Waals surface area contributed by atoms with Gasteiger partial charge in [0.15, 0.2) is 11.4 Å². The average Bonchev–Trinajstić information content (AvgIpc) is 2.80. The zero-order chi connectivity index (χ0) is 26.0. The van der Waals surface area contributed by atoms with Gasteiger partial charge >= 0.3 is 5.97 Å². The Kier molecular flexibility index (Phi) is 5.57. The summed E-state index contributed by atoms with van der Waals surface area (Å²) in [7, 11) is 1.17. The van der Waals surface area contributed by atoms with Crippen molar-refractivity contribution in [2.75, 3.05) is 7.11 Å². The third-order valence-electron chi connectivity index (χ3n) is 7.13. The summed E-state index contributed by atoms with van der Waals surface area (Å²) in [6, 6.07) is 3.00. The van der Waals surface area contributed by atoms with Crippen LogP contribution in [0.1, 0.15) is 36.0 Å². The van der Waals surface area contributed by atoms with E-state index in [1.54, 1.807) is 6.92 Å². The molecule has 0 aromatic heterocycles. The number of phenolic OH excluding ortho intramolecular Hbond substituents is 1. The van der Waals surface area contributed by atoms with Gasteiger partial charge < -0.3 is 36.0 Å². The summed E-state index contributed by atoms with van der Waals surface area (Å²) in [5.74, 6) is -10.0. The minimum absolute atomic E-state index is 0.106. The van der Waals surface area contributed by atoms with Crippen molar-refractivity contribution in [2.45, 2.75) is 31.0 Å². The molecule has 1 aromatic rings. The number of aromatic hydroxyl groups is 1. The predicted octanol–water partition coefficient (Wildman–Crippen LogP) is 0.142. The summed E-state index contributed by atoms with van der Waals surface area (Å²) in [5, 5.41) is 55.0. The van der Waals surface area contributed by atoms with Crippen LogP contribution in [0, 0.1) is 11.8 Å². The third-order valence-corrected chi connectivity index (χ3v) is 7.13. The Labute approximate surface area is 198 Å². The number of benzene rings is 1. The van der Waals surface area contributed by atoms with Crippen molar-refractivity contribution in [1.82, 2.24) is 0 Å². The van der Waals surface area contributed by atoms with Crippen LogP contribution in [0.3, 0.4) is 0 Å². The average molecular weight is 485 g/mol. The summed E-state index contributed by atoms with van der Waals surface area (Å²) in [6.45, 7) is 1.62. The number of esters is 1. The first-order chi connectivity index (χ1) is 16.4. The molecule has 1 aromatic carbocycles. The number of fused-ring (bicyclic) bond motifs is 3. The predicted molar refractivity (Wildman–Crippen MR) is 119 cm³/mol. The minimum atomic E-state index is -2.90. The number of carbonyl (C=O) groups is 4. The number of hydrogen-bond donors (Lipinski definition) is 6. The van der Waals surface area contributed by atoms with Crippen LogP contribution in [-0.4, -0.2) is 67.8 Å². The second kappa shape index (κ2) is 8.07. The van der Waals surface area contributed by atoms with E-state index in [0.717, 1.165) is 6.08 Å². The number of rotatable bonds is 3. The fourth-order valence-corrected chi connectivity index (χ4v) is 5.37. The molecule has 1 amide bonds. The van der Waals surface area contributed by atoms with Crippen molar-refractivity contribution in [1.29, 1.82) is 0 Å². The first-order valence-corrected chi connectivity index (χ1v) is 10.6. The molecule has 0 heterocycles. The van der Waals surface area contributed by atoms with Crippen LogP contribution in [0.15, 0.2) is 35.1 Å². The van der Waals surface area contributed by atoms with Crippen LogP contribution in [0.5, 0.6) is 5.75 Å². The lowest BCUT2D eigenvalue weighted by Gasteiger charge is -2.50. The van der Waals surface area contributed by atoms with Crippen LogP contribution < -0.4 is 5.73 Å². The van der Waals surface area contributed by atoms with Crippen molar-refractivity contribution < 1.29 is 49.4 Å². The SMILES string of the molecule is COC(=O)/C=C/c1ccc2c(c1O)C(O)=C1C(=O)C3(O)C(O)=C(C(N)=O)C(=O)CC3C(O)C1C2C. The smallest absolute Gasteiger partial charge is 0.330 e. The largest absolute Gasteiger partial charge is 0.508 e. The summed E-state index contributed by atoms with van der Waals surface area (Å²) in [6.07, 6.45) is 0.0342. The number of aliphatic hydroxyl groups is 4.